The number of nitrogens with zero attached hydrogens (tertiary/aromatic N) is 4. The highest BCUT2D eigenvalue weighted by Crippen LogP contribution is 2.31. The molecule has 0 atom stereocenters. The third-order valence-electron chi connectivity index (χ3n) is 3.73. The third-order valence-corrected chi connectivity index (χ3v) is 4.88. The molecule has 0 amide bonds. The molecule has 0 radical (unpaired) electrons. The molecule has 2 heterocycles. The van der Waals surface area contributed by atoms with Crippen molar-refractivity contribution in [2.45, 2.75) is 33.0 Å². The number of hydrogen-bond donors (Lipinski definition) is 0. The minimum atomic E-state index is -4.41. The van der Waals surface area contributed by atoms with Gasteiger partial charge in [-0.25, -0.2) is 0 Å². The van der Waals surface area contributed by atoms with Crippen molar-refractivity contribution in [3.8, 4) is 11.5 Å². The van der Waals surface area contributed by atoms with Crippen LogP contribution < -0.4 is 0 Å². The summed E-state index contributed by atoms with van der Waals surface area (Å²) in [6, 6.07) is 4.82. The Morgan fingerprint density at radius 2 is 1.96 bits per heavy atom. The van der Waals surface area contributed by atoms with Gasteiger partial charge in [-0.15, -0.1) is 10.2 Å². The summed E-state index contributed by atoms with van der Waals surface area (Å²) in [7, 11) is 0. The minimum Gasteiger partial charge on any atom is -0.421 e. The Morgan fingerprint density at radius 1 is 1.20 bits per heavy atom. The molecule has 0 aliphatic carbocycles. The highest BCUT2D eigenvalue weighted by molar-refractivity contribution is 9.10. The van der Waals surface area contributed by atoms with Crippen molar-refractivity contribution < 1.29 is 17.6 Å². The van der Waals surface area contributed by atoms with Gasteiger partial charge in [0.2, 0.25) is 11.8 Å². The van der Waals surface area contributed by atoms with Crippen molar-refractivity contribution in [3.05, 3.63) is 51.6 Å². The molecular weight excluding hydrogens is 401 g/mol. The van der Waals surface area contributed by atoms with E-state index in [4.69, 9.17) is 4.42 Å². The molecule has 0 aliphatic rings. The van der Waals surface area contributed by atoms with Crippen LogP contribution in [0.15, 0.2) is 33.2 Å². The molecule has 0 N–H and O–H groups in total. The quantitative estimate of drug-likeness (QED) is 0.627. The first kappa shape index (κ1) is 17.7. The number of hydrogen-bond acceptors (Lipinski definition) is 4. The van der Waals surface area contributed by atoms with Crippen LogP contribution in [0.5, 0.6) is 0 Å². The first-order valence-electron chi connectivity index (χ1n) is 7.45. The Bertz CT molecular complexity index is 901. The van der Waals surface area contributed by atoms with E-state index in [0.29, 0.717) is 18.9 Å². The number of alkyl halides is 3. The molecule has 0 spiro atoms. The second kappa shape index (κ2) is 6.62. The number of rotatable bonds is 4. The molecule has 0 fully saturated rings. The van der Waals surface area contributed by atoms with Gasteiger partial charge in [-0.05, 0) is 48.0 Å². The van der Waals surface area contributed by atoms with Crippen LogP contribution in [0.3, 0.4) is 0 Å². The maximum Gasteiger partial charge on any atom is 0.416 e. The van der Waals surface area contributed by atoms with E-state index in [1.807, 2.05) is 18.5 Å². The van der Waals surface area contributed by atoms with E-state index in [1.54, 1.807) is 0 Å². The van der Waals surface area contributed by atoms with Gasteiger partial charge >= 0.3 is 6.18 Å². The predicted molar refractivity (Wildman–Crippen MR) is 87.8 cm³/mol. The van der Waals surface area contributed by atoms with Gasteiger partial charge in [0.25, 0.3) is 0 Å². The molecule has 25 heavy (non-hydrogen) atoms. The van der Waals surface area contributed by atoms with Gasteiger partial charge in [-0.1, -0.05) is 6.07 Å². The van der Waals surface area contributed by atoms with E-state index in [2.05, 4.69) is 31.2 Å². The Balaban J connectivity index is 1.75. The van der Waals surface area contributed by atoms with Crippen molar-refractivity contribution in [2.24, 2.45) is 0 Å². The van der Waals surface area contributed by atoms with Crippen LogP contribution in [0.1, 0.15) is 22.8 Å². The largest absolute Gasteiger partial charge is 0.421 e. The standard InChI is InChI=1S/C16H14BrF3N4O/c1-9-14(17)10(2)24(23-9)7-6-13-21-22-15(25-13)11-4-3-5-12(8-11)16(18,19)20/h3-5,8H,6-7H2,1-2H3. The summed E-state index contributed by atoms with van der Waals surface area (Å²) in [6.45, 7) is 4.36. The fraction of sp³-hybridized carbons (Fsp3) is 0.312. The van der Waals surface area contributed by atoms with E-state index >= 15 is 0 Å². The Kier molecular flexibility index (Phi) is 4.68. The molecule has 0 unspecified atom stereocenters. The van der Waals surface area contributed by atoms with Crippen LogP contribution in [-0.4, -0.2) is 20.0 Å². The highest BCUT2D eigenvalue weighted by atomic mass is 79.9. The lowest BCUT2D eigenvalue weighted by Crippen LogP contribution is -2.05. The van der Waals surface area contributed by atoms with Crippen LogP contribution >= 0.6 is 15.9 Å². The van der Waals surface area contributed by atoms with Crippen molar-refractivity contribution >= 4 is 15.9 Å². The summed E-state index contributed by atoms with van der Waals surface area (Å²) in [4.78, 5) is 0. The summed E-state index contributed by atoms with van der Waals surface area (Å²) in [5, 5.41) is 12.1. The molecule has 3 rings (SSSR count). The van der Waals surface area contributed by atoms with Gasteiger partial charge in [0.15, 0.2) is 0 Å². The monoisotopic (exact) mass is 414 g/mol. The number of aryl methyl sites for hydroxylation is 3. The second-order valence-corrected chi connectivity index (χ2v) is 6.33. The van der Waals surface area contributed by atoms with Gasteiger partial charge in [0.05, 0.1) is 15.7 Å². The lowest BCUT2D eigenvalue weighted by Gasteiger charge is -2.06. The average Bonchev–Trinajstić information content (AvgIpc) is 3.13. The van der Waals surface area contributed by atoms with E-state index in [0.717, 1.165) is 28.0 Å². The maximum absolute atomic E-state index is 12.8. The Labute approximate surface area is 150 Å². The summed E-state index contributed by atoms with van der Waals surface area (Å²) in [5.74, 6) is 0.409. The third kappa shape index (κ3) is 3.76. The molecule has 9 heteroatoms. The van der Waals surface area contributed by atoms with Gasteiger partial charge in [0.1, 0.15) is 0 Å². The molecule has 0 bridgehead atoms. The van der Waals surface area contributed by atoms with Crippen molar-refractivity contribution in [2.75, 3.05) is 0 Å². The predicted octanol–water partition coefficient (Wildman–Crippen LogP) is 4.57. The lowest BCUT2D eigenvalue weighted by molar-refractivity contribution is -0.137. The molecule has 0 aliphatic heterocycles. The minimum absolute atomic E-state index is 0.0654. The number of aromatic nitrogens is 4. The SMILES string of the molecule is Cc1nn(CCc2nnc(-c3cccc(C(F)(F)F)c3)o2)c(C)c1Br. The van der Waals surface area contributed by atoms with Gasteiger partial charge in [-0.3, -0.25) is 4.68 Å². The smallest absolute Gasteiger partial charge is 0.416 e. The van der Waals surface area contributed by atoms with Crippen molar-refractivity contribution in [1.82, 2.24) is 20.0 Å². The zero-order valence-electron chi connectivity index (χ0n) is 13.4. The van der Waals surface area contributed by atoms with Gasteiger partial charge in [0, 0.05) is 24.2 Å². The lowest BCUT2D eigenvalue weighted by atomic mass is 10.1. The van der Waals surface area contributed by atoms with Crippen LogP contribution in [0.4, 0.5) is 13.2 Å². The zero-order valence-corrected chi connectivity index (χ0v) is 15.0. The molecule has 5 nitrogen and oxygen atoms in total. The molecule has 3 aromatic rings. The molecule has 0 saturated heterocycles. The van der Waals surface area contributed by atoms with Crippen LogP contribution in [0.25, 0.3) is 11.5 Å². The summed E-state index contributed by atoms with van der Waals surface area (Å²) < 4.78 is 46.6. The van der Waals surface area contributed by atoms with Crippen molar-refractivity contribution in [3.63, 3.8) is 0 Å². The van der Waals surface area contributed by atoms with Crippen molar-refractivity contribution in [1.29, 1.82) is 0 Å². The second-order valence-electron chi connectivity index (χ2n) is 5.54. The summed E-state index contributed by atoms with van der Waals surface area (Å²) in [6.07, 6.45) is -3.98. The first-order chi connectivity index (χ1) is 11.8. The zero-order chi connectivity index (χ0) is 18.2. The van der Waals surface area contributed by atoms with E-state index < -0.39 is 11.7 Å². The van der Waals surface area contributed by atoms with Gasteiger partial charge < -0.3 is 4.42 Å². The molecule has 132 valence electrons. The fourth-order valence-corrected chi connectivity index (χ4v) is 2.68. The van der Waals surface area contributed by atoms with E-state index in [1.165, 1.54) is 12.1 Å². The Hall–Kier alpha value is -2.16. The molecular formula is C16H14BrF3N4O. The number of benzene rings is 1. The van der Waals surface area contributed by atoms with Crippen LogP contribution in [-0.2, 0) is 19.1 Å². The maximum atomic E-state index is 12.8. The normalized spacial score (nSPS) is 11.9. The van der Waals surface area contributed by atoms with Crippen LogP contribution in [0, 0.1) is 13.8 Å². The highest BCUT2D eigenvalue weighted by Gasteiger charge is 2.30. The van der Waals surface area contributed by atoms with Gasteiger partial charge in [-0.2, -0.15) is 18.3 Å². The van der Waals surface area contributed by atoms with Crippen LogP contribution in [0.2, 0.25) is 0 Å². The molecule has 2 aromatic heterocycles. The van der Waals surface area contributed by atoms with E-state index in [-0.39, 0.29) is 11.5 Å². The fourth-order valence-electron chi connectivity index (χ4n) is 2.39. The summed E-state index contributed by atoms with van der Waals surface area (Å²) >= 11 is 3.46. The first-order valence-corrected chi connectivity index (χ1v) is 8.24. The summed E-state index contributed by atoms with van der Waals surface area (Å²) in [5.41, 5.74) is 1.35. The average molecular weight is 415 g/mol. The Morgan fingerprint density at radius 3 is 2.60 bits per heavy atom. The topological polar surface area (TPSA) is 56.7 Å². The molecule has 1 aromatic carbocycles. The molecule has 0 saturated carbocycles. The van der Waals surface area contributed by atoms with E-state index in [9.17, 15) is 13.2 Å². The number of halogens is 4.